The average molecular weight is 563 g/mol. The topological polar surface area (TPSA) is 92.3 Å². The second-order valence-electron chi connectivity index (χ2n) is 9.21. The van der Waals surface area contributed by atoms with E-state index in [1.54, 1.807) is 37.3 Å². The number of methoxy groups -OCH3 is 2. The fraction of sp³-hybridized carbons (Fsp3) is 0.481. The molecular weight excluding hydrogens is 524 g/mol. The van der Waals surface area contributed by atoms with Gasteiger partial charge in [-0.3, -0.25) is 9.69 Å². The van der Waals surface area contributed by atoms with Crippen LogP contribution in [0.2, 0.25) is 0 Å². The van der Waals surface area contributed by atoms with Crippen LogP contribution in [0.25, 0.3) is 10.2 Å². The molecule has 0 saturated carbocycles. The molecule has 0 spiro atoms. The number of rotatable bonds is 14. The fourth-order valence-corrected chi connectivity index (χ4v) is 6.74. The highest BCUT2D eigenvalue weighted by atomic mass is 32.2. The third-order valence-electron chi connectivity index (χ3n) is 6.03. The number of benzene rings is 2. The minimum Gasteiger partial charge on any atom is -0.493 e. The van der Waals surface area contributed by atoms with Crippen molar-refractivity contribution in [2.24, 2.45) is 0 Å². The minimum atomic E-state index is -3.63. The van der Waals surface area contributed by atoms with Crippen LogP contribution in [-0.2, 0) is 10.0 Å². The predicted octanol–water partition coefficient (Wildman–Crippen LogP) is 4.72. The summed E-state index contributed by atoms with van der Waals surface area (Å²) < 4.78 is 39.5. The van der Waals surface area contributed by atoms with Crippen molar-refractivity contribution < 1.29 is 22.7 Å². The lowest BCUT2D eigenvalue weighted by Crippen LogP contribution is -2.34. The van der Waals surface area contributed by atoms with Crippen molar-refractivity contribution in [3.05, 3.63) is 42.0 Å². The number of aromatic nitrogens is 1. The summed E-state index contributed by atoms with van der Waals surface area (Å²) in [5.74, 6) is 0.932. The Labute approximate surface area is 230 Å². The summed E-state index contributed by atoms with van der Waals surface area (Å²) in [7, 11) is 3.50. The molecule has 3 aromatic rings. The summed E-state index contributed by atoms with van der Waals surface area (Å²) in [6.07, 6.45) is 2.21. The first-order chi connectivity index (χ1) is 18.2. The number of ether oxygens (including phenoxy) is 2. The molecule has 9 nitrogen and oxygen atoms in total. The Bertz CT molecular complexity index is 1280. The van der Waals surface area contributed by atoms with Crippen LogP contribution >= 0.6 is 11.3 Å². The van der Waals surface area contributed by atoms with E-state index < -0.39 is 10.0 Å². The van der Waals surface area contributed by atoms with Gasteiger partial charge in [0.1, 0.15) is 0 Å². The number of amides is 1. The van der Waals surface area contributed by atoms with Gasteiger partial charge in [-0.1, -0.05) is 25.2 Å². The van der Waals surface area contributed by atoms with Crippen molar-refractivity contribution >= 4 is 42.6 Å². The van der Waals surface area contributed by atoms with Crippen molar-refractivity contribution in [2.45, 2.75) is 38.0 Å². The van der Waals surface area contributed by atoms with E-state index in [1.165, 1.54) is 27.8 Å². The third-order valence-corrected chi connectivity index (χ3v) is 8.98. The number of anilines is 1. The number of hydrogen-bond donors (Lipinski definition) is 0. The number of carbonyl (C=O) groups excluding carboxylic acids is 1. The molecule has 0 unspecified atom stereocenters. The van der Waals surface area contributed by atoms with Crippen LogP contribution in [0.5, 0.6) is 11.5 Å². The Balaban J connectivity index is 1.95. The maximum atomic E-state index is 13.7. The number of hydrogen-bond acceptors (Lipinski definition) is 8. The second-order valence-corrected chi connectivity index (χ2v) is 12.2. The van der Waals surface area contributed by atoms with Gasteiger partial charge in [-0.25, -0.2) is 13.4 Å². The maximum Gasteiger partial charge on any atom is 0.260 e. The van der Waals surface area contributed by atoms with E-state index in [0.717, 1.165) is 30.5 Å². The third kappa shape index (κ3) is 6.82. The maximum absolute atomic E-state index is 13.7. The highest BCUT2D eigenvalue weighted by Gasteiger charge is 2.25. The van der Waals surface area contributed by atoms with Crippen molar-refractivity contribution in [2.75, 3.05) is 59.4 Å². The molecule has 38 heavy (non-hydrogen) atoms. The van der Waals surface area contributed by atoms with Gasteiger partial charge in [-0.15, -0.1) is 0 Å². The Hall–Kier alpha value is -2.73. The zero-order valence-corrected chi connectivity index (χ0v) is 24.7. The summed E-state index contributed by atoms with van der Waals surface area (Å²) in [6.45, 7) is 6.11. The summed E-state index contributed by atoms with van der Waals surface area (Å²) in [5, 5.41) is 0.563. The van der Waals surface area contributed by atoms with Crippen molar-refractivity contribution in [1.82, 2.24) is 14.2 Å². The molecule has 0 N–H and O–H groups in total. The molecule has 0 aliphatic carbocycles. The molecule has 0 atom stereocenters. The number of sulfonamides is 1. The Morgan fingerprint density at radius 2 is 1.53 bits per heavy atom. The zero-order chi connectivity index (χ0) is 27.9. The van der Waals surface area contributed by atoms with Gasteiger partial charge in [-0.05, 0) is 64.2 Å². The van der Waals surface area contributed by atoms with Crippen LogP contribution in [0.15, 0.2) is 41.3 Å². The quantitative estimate of drug-likeness (QED) is 0.281. The van der Waals surface area contributed by atoms with Gasteiger partial charge >= 0.3 is 0 Å². The van der Waals surface area contributed by atoms with Crippen LogP contribution in [0.3, 0.4) is 0 Å². The fourth-order valence-electron chi connectivity index (χ4n) is 4.11. The van der Waals surface area contributed by atoms with E-state index in [0.29, 0.717) is 47.3 Å². The SMILES string of the molecule is CCCN(CCC)S(=O)(=O)c1ccc(C(=O)N(CCCN(C)C)c2nc3cc(OC)c(OC)cc3s2)cc1. The molecule has 0 fully saturated rings. The molecule has 2 aromatic carbocycles. The molecule has 0 aliphatic rings. The summed E-state index contributed by atoms with van der Waals surface area (Å²) in [4.78, 5) is 22.4. The standard InChI is InChI=1S/C27H38N4O5S2/c1-7-14-30(15-8-2)38(33,34)21-12-10-20(11-13-21)26(32)31(17-9-16-29(3)4)27-28-22-18-23(35-5)24(36-6)19-25(22)37-27/h10-13,18-19H,7-9,14-17H2,1-6H3. The summed E-state index contributed by atoms with van der Waals surface area (Å²) in [6, 6.07) is 9.87. The van der Waals surface area contributed by atoms with Gasteiger partial charge in [0.15, 0.2) is 16.6 Å². The van der Waals surface area contributed by atoms with Crippen LogP contribution in [0, 0.1) is 0 Å². The Morgan fingerprint density at radius 3 is 2.08 bits per heavy atom. The van der Waals surface area contributed by atoms with Crippen molar-refractivity contribution in [1.29, 1.82) is 0 Å². The molecule has 0 saturated heterocycles. The Kier molecular flexibility index (Phi) is 10.5. The highest BCUT2D eigenvalue weighted by molar-refractivity contribution is 7.89. The van der Waals surface area contributed by atoms with Crippen LogP contribution in [0.4, 0.5) is 5.13 Å². The van der Waals surface area contributed by atoms with Gasteiger partial charge in [-0.2, -0.15) is 4.31 Å². The lowest BCUT2D eigenvalue weighted by molar-refractivity contribution is 0.0986. The molecule has 208 valence electrons. The Morgan fingerprint density at radius 1 is 0.921 bits per heavy atom. The van der Waals surface area contributed by atoms with Gasteiger partial charge in [0.25, 0.3) is 5.91 Å². The van der Waals surface area contributed by atoms with Crippen LogP contribution < -0.4 is 14.4 Å². The van der Waals surface area contributed by atoms with Gasteiger partial charge in [0.05, 0.1) is 29.3 Å². The van der Waals surface area contributed by atoms with Crippen LogP contribution in [0.1, 0.15) is 43.5 Å². The summed E-state index contributed by atoms with van der Waals surface area (Å²) in [5.41, 5.74) is 1.11. The molecule has 0 aliphatic heterocycles. The second kappa shape index (κ2) is 13.4. The zero-order valence-electron chi connectivity index (χ0n) is 23.1. The van der Waals surface area contributed by atoms with Gasteiger partial charge in [0, 0.05) is 37.3 Å². The average Bonchev–Trinajstić information content (AvgIpc) is 3.32. The van der Waals surface area contributed by atoms with E-state index in [2.05, 4.69) is 4.90 Å². The largest absolute Gasteiger partial charge is 0.493 e. The molecule has 0 radical (unpaired) electrons. The highest BCUT2D eigenvalue weighted by Crippen LogP contribution is 2.37. The lowest BCUT2D eigenvalue weighted by atomic mass is 10.2. The number of fused-ring (bicyclic) bond motifs is 1. The van der Waals surface area contributed by atoms with Gasteiger partial charge < -0.3 is 14.4 Å². The van der Waals surface area contributed by atoms with E-state index in [1.807, 2.05) is 34.0 Å². The monoisotopic (exact) mass is 562 g/mol. The van der Waals surface area contributed by atoms with E-state index in [9.17, 15) is 13.2 Å². The predicted molar refractivity (Wildman–Crippen MR) is 153 cm³/mol. The van der Waals surface area contributed by atoms with Crippen molar-refractivity contribution in [3.63, 3.8) is 0 Å². The minimum absolute atomic E-state index is 0.189. The molecule has 1 heterocycles. The van der Waals surface area contributed by atoms with E-state index in [-0.39, 0.29) is 10.8 Å². The number of carbonyl (C=O) groups is 1. The molecule has 1 aromatic heterocycles. The van der Waals surface area contributed by atoms with Gasteiger partial charge in [0.2, 0.25) is 10.0 Å². The van der Waals surface area contributed by atoms with E-state index in [4.69, 9.17) is 14.5 Å². The van der Waals surface area contributed by atoms with Crippen LogP contribution in [-0.4, -0.2) is 83.0 Å². The normalized spacial score (nSPS) is 11.9. The van der Waals surface area contributed by atoms with E-state index >= 15 is 0 Å². The summed E-state index contributed by atoms with van der Waals surface area (Å²) >= 11 is 1.40. The molecule has 3 rings (SSSR count). The first kappa shape index (κ1) is 29.8. The first-order valence-corrected chi connectivity index (χ1v) is 15.0. The number of nitrogens with zero attached hydrogens (tertiary/aromatic N) is 4. The number of thiazole rings is 1. The molecule has 11 heteroatoms. The molecule has 0 bridgehead atoms. The van der Waals surface area contributed by atoms with Crippen molar-refractivity contribution in [3.8, 4) is 11.5 Å². The first-order valence-electron chi connectivity index (χ1n) is 12.8. The smallest absolute Gasteiger partial charge is 0.260 e. The molecular formula is C27H38N4O5S2. The molecule has 1 amide bonds. The lowest BCUT2D eigenvalue weighted by Gasteiger charge is -2.22.